The Balaban J connectivity index is 1.72. The van der Waals surface area contributed by atoms with Gasteiger partial charge in [0.05, 0.1) is 6.04 Å². The average molecular weight is 382 g/mol. The van der Waals surface area contributed by atoms with Crippen LogP contribution in [0.5, 0.6) is 0 Å². The predicted molar refractivity (Wildman–Crippen MR) is 110 cm³/mol. The van der Waals surface area contributed by atoms with Gasteiger partial charge in [0.2, 0.25) is 0 Å². The molecule has 0 aliphatic carbocycles. The molecule has 0 bridgehead atoms. The first-order chi connectivity index (χ1) is 12.9. The molecule has 0 saturated carbocycles. The summed E-state index contributed by atoms with van der Waals surface area (Å²) in [7, 11) is 0. The van der Waals surface area contributed by atoms with Crippen LogP contribution in [0.1, 0.15) is 59.8 Å². The smallest absolute Gasteiger partial charge is 0.407 e. The average Bonchev–Trinajstić information content (AvgIpc) is 3.23. The third-order valence-electron chi connectivity index (χ3n) is 4.89. The number of nitrogens with one attached hydrogen (secondary N) is 2. The summed E-state index contributed by atoms with van der Waals surface area (Å²) in [5.74, 6) is 0.965. The van der Waals surface area contributed by atoms with Crippen molar-refractivity contribution >= 4 is 12.1 Å². The Morgan fingerprint density at radius 3 is 2.59 bits per heavy atom. The number of carbonyl (C=O) groups excluding carboxylic acids is 1. The van der Waals surface area contributed by atoms with Gasteiger partial charge >= 0.3 is 6.09 Å². The fourth-order valence-corrected chi connectivity index (χ4v) is 3.61. The van der Waals surface area contributed by atoms with Crippen molar-refractivity contribution in [1.29, 1.82) is 0 Å². The molecule has 27 heavy (non-hydrogen) atoms. The molecule has 1 unspecified atom stereocenters. The first-order valence-corrected chi connectivity index (χ1v) is 10.6. The summed E-state index contributed by atoms with van der Waals surface area (Å²) < 4.78 is 5.36. The lowest BCUT2D eigenvalue weighted by Crippen LogP contribution is -2.44. The Kier molecular flexibility index (Phi) is 8.67. The Morgan fingerprint density at radius 1 is 1.19 bits per heavy atom. The second-order valence-electron chi connectivity index (χ2n) is 8.57. The zero-order chi connectivity index (χ0) is 19.7. The number of aliphatic imine (C=N–C) groups is 1. The van der Waals surface area contributed by atoms with Gasteiger partial charge in [0.1, 0.15) is 5.60 Å². The summed E-state index contributed by atoms with van der Waals surface area (Å²) in [5, 5.41) is 6.37. The predicted octanol–water partition coefficient (Wildman–Crippen LogP) is 2.43. The Morgan fingerprint density at radius 2 is 1.93 bits per heavy atom. The normalized spacial score (nSPS) is 21.6. The maximum atomic E-state index is 12.0. The van der Waals surface area contributed by atoms with Gasteiger partial charge in [-0.2, -0.15) is 0 Å². The Labute approximate surface area is 164 Å². The van der Waals surface area contributed by atoms with Gasteiger partial charge in [-0.25, -0.2) is 4.79 Å². The highest BCUT2D eigenvalue weighted by molar-refractivity contribution is 5.80. The number of carbonyl (C=O) groups is 1. The summed E-state index contributed by atoms with van der Waals surface area (Å²) in [5.41, 5.74) is -0.464. The molecular formula is C20H39N5O2. The lowest BCUT2D eigenvalue weighted by atomic mass is 10.2. The van der Waals surface area contributed by atoms with Crippen LogP contribution in [0, 0.1) is 0 Å². The van der Waals surface area contributed by atoms with Crippen LogP contribution < -0.4 is 10.6 Å². The first-order valence-electron chi connectivity index (χ1n) is 10.6. The molecule has 2 rings (SSSR count). The standard InChI is InChI=1S/C20H39N5O2/c1-5-21-18(22-11-6-7-12-24-13-8-9-14-24)25-15-10-17(16-25)23-19(26)27-20(2,3)4/h17H,5-16H2,1-4H3,(H,21,22)(H,23,26). The highest BCUT2D eigenvalue weighted by atomic mass is 16.6. The SMILES string of the molecule is CCNC(=NCCCCN1CCCC1)N1CCC(NC(=O)OC(C)(C)C)C1. The van der Waals surface area contributed by atoms with Gasteiger partial charge in [-0.1, -0.05) is 0 Å². The summed E-state index contributed by atoms with van der Waals surface area (Å²) in [6.07, 6.45) is 5.63. The molecule has 1 atom stereocenters. The largest absolute Gasteiger partial charge is 0.444 e. The third kappa shape index (κ3) is 8.37. The fourth-order valence-electron chi connectivity index (χ4n) is 3.61. The highest BCUT2D eigenvalue weighted by Crippen LogP contribution is 2.12. The van der Waals surface area contributed by atoms with Gasteiger partial charge in [0.15, 0.2) is 5.96 Å². The number of hydrogen-bond acceptors (Lipinski definition) is 4. The minimum absolute atomic E-state index is 0.110. The monoisotopic (exact) mass is 381 g/mol. The van der Waals surface area contributed by atoms with Crippen LogP contribution in [0.15, 0.2) is 4.99 Å². The molecule has 2 fully saturated rings. The molecule has 0 aromatic heterocycles. The zero-order valence-electron chi connectivity index (χ0n) is 17.7. The molecule has 0 aromatic carbocycles. The quantitative estimate of drug-likeness (QED) is 0.403. The maximum absolute atomic E-state index is 12.0. The number of guanidine groups is 1. The molecule has 2 heterocycles. The van der Waals surface area contributed by atoms with Crippen molar-refractivity contribution in [2.45, 2.75) is 71.4 Å². The number of unbranched alkanes of at least 4 members (excludes halogenated alkanes) is 1. The van der Waals surface area contributed by atoms with Crippen LogP contribution in [-0.2, 0) is 4.74 Å². The van der Waals surface area contributed by atoms with E-state index in [0.29, 0.717) is 0 Å². The van der Waals surface area contributed by atoms with Crippen molar-refractivity contribution in [3.63, 3.8) is 0 Å². The molecule has 1 amide bonds. The molecule has 7 heteroatoms. The van der Waals surface area contributed by atoms with E-state index in [1.165, 1.54) is 38.9 Å². The fraction of sp³-hybridized carbons (Fsp3) is 0.900. The van der Waals surface area contributed by atoms with Crippen molar-refractivity contribution in [3.05, 3.63) is 0 Å². The van der Waals surface area contributed by atoms with Crippen LogP contribution >= 0.6 is 0 Å². The van der Waals surface area contributed by atoms with E-state index in [1.807, 2.05) is 20.8 Å². The molecular weight excluding hydrogens is 342 g/mol. The van der Waals surface area contributed by atoms with Crippen LogP contribution in [-0.4, -0.2) is 79.3 Å². The maximum Gasteiger partial charge on any atom is 0.407 e. The molecule has 0 aromatic rings. The van der Waals surface area contributed by atoms with Gasteiger partial charge < -0.3 is 25.2 Å². The van der Waals surface area contributed by atoms with Gasteiger partial charge in [-0.05, 0) is 79.4 Å². The van der Waals surface area contributed by atoms with E-state index < -0.39 is 5.60 Å². The zero-order valence-corrected chi connectivity index (χ0v) is 17.7. The van der Waals surface area contributed by atoms with Crippen molar-refractivity contribution < 1.29 is 9.53 Å². The number of hydrogen-bond donors (Lipinski definition) is 2. The van der Waals surface area contributed by atoms with Gasteiger partial charge in [-0.3, -0.25) is 4.99 Å². The van der Waals surface area contributed by atoms with Gasteiger partial charge in [0.25, 0.3) is 0 Å². The van der Waals surface area contributed by atoms with E-state index in [1.54, 1.807) is 0 Å². The van der Waals surface area contributed by atoms with E-state index in [0.717, 1.165) is 45.0 Å². The summed E-state index contributed by atoms with van der Waals surface area (Å²) >= 11 is 0. The topological polar surface area (TPSA) is 69.2 Å². The summed E-state index contributed by atoms with van der Waals surface area (Å²) in [6.45, 7) is 14.9. The van der Waals surface area contributed by atoms with Crippen LogP contribution in [0.4, 0.5) is 4.79 Å². The molecule has 0 spiro atoms. The number of amides is 1. The van der Waals surface area contributed by atoms with Crippen LogP contribution in [0.2, 0.25) is 0 Å². The van der Waals surface area contributed by atoms with E-state index in [9.17, 15) is 4.79 Å². The Bertz CT molecular complexity index is 483. The second-order valence-corrected chi connectivity index (χ2v) is 8.57. The van der Waals surface area contributed by atoms with Crippen molar-refractivity contribution in [2.24, 2.45) is 4.99 Å². The van der Waals surface area contributed by atoms with E-state index in [4.69, 9.17) is 9.73 Å². The minimum atomic E-state index is -0.464. The first kappa shape index (κ1) is 21.8. The van der Waals surface area contributed by atoms with E-state index in [2.05, 4.69) is 27.4 Å². The Hall–Kier alpha value is -1.50. The van der Waals surface area contributed by atoms with Gasteiger partial charge in [-0.15, -0.1) is 0 Å². The molecule has 7 nitrogen and oxygen atoms in total. The van der Waals surface area contributed by atoms with E-state index >= 15 is 0 Å². The summed E-state index contributed by atoms with van der Waals surface area (Å²) in [4.78, 5) is 21.6. The second kappa shape index (κ2) is 10.7. The lowest BCUT2D eigenvalue weighted by molar-refractivity contribution is 0.0507. The molecule has 2 aliphatic rings. The number of rotatable bonds is 7. The van der Waals surface area contributed by atoms with Crippen LogP contribution in [0.25, 0.3) is 0 Å². The minimum Gasteiger partial charge on any atom is -0.444 e. The number of ether oxygens (including phenoxy) is 1. The number of nitrogens with zero attached hydrogens (tertiary/aromatic N) is 3. The third-order valence-corrected chi connectivity index (χ3v) is 4.89. The molecule has 0 radical (unpaired) electrons. The van der Waals surface area contributed by atoms with Crippen molar-refractivity contribution in [2.75, 3.05) is 45.8 Å². The highest BCUT2D eigenvalue weighted by Gasteiger charge is 2.27. The number of likely N-dealkylation sites (tertiary alicyclic amines) is 2. The summed E-state index contributed by atoms with van der Waals surface area (Å²) in [6, 6.07) is 0.110. The molecule has 2 N–H and O–H groups in total. The molecule has 2 saturated heterocycles. The van der Waals surface area contributed by atoms with Crippen molar-refractivity contribution in [3.8, 4) is 0 Å². The lowest BCUT2D eigenvalue weighted by Gasteiger charge is -2.23. The van der Waals surface area contributed by atoms with E-state index in [-0.39, 0.29) is 12.1 Å². The number of alkyl carbamates (subject to hydrolysis) is 1. The molecule has 156 valence electrons. The van der Waals surface area contributed by atoms with Gasteiger partial charge in [0, 0.05) is 26.2 Å². The van der Waals surface area contributed by atoms with Crippen molar-refractivity contribution in [1.82, 2.24) is 20.4 Å². The van der Waals surface area contributed by atoms with Crippen LogP contribution in [0.3, 0.4) is 0 Å². The molecule has 2 aliphatic heterocycles.